The van der Waals surface area contributed by atoms with Gasteiger partial charge in [0.1, 0.15) is 17.1 Å². The normalized spacial score (nSPS) is 11.4. The van der Waals surface area contributed by atoms with E-state index in [4.69, 9.17) is 4.74 Å². The number of pyridine rings is 3. The van der Waals surface area contributed by atoms with Gasteiger partial charge in [-0.25, -0.2) is 9.78 Å². The van der Waals surface area contributed by atoms with E-state index >= 15 is 0 Å². The summed E-state index contributed by atoms with van der Waals surface area (Å²) in [7, 11) is 1.60. The second-order valence-electron chi connectivity index (χ2n) is 12.3. The zero-order valence-corrected chi connectivity index (χ0v) is 27.2. The Morgan fingerprint density at radius 3 is 2.43 bits per heavy atom. The largest absolute Gasteiger partial charge is 0.497 e. The van der Waals surface area contributed by atoms with Crippen LogP contribution in [0.15, 0.2) is 90.1 Å². The van der Waals surface area contributed by atoms with Crippen molar-refractivity contribution in [1.29, 1.82) is 0 Å². The SMILES string of the molecule is CCCCn1c(=O)c(NC(=O)Nc2cc(CNCc3ccncc3)ccc2C(C)(C)C)c(-c2cccc(OC)c2)c2cccnc21. The van der Waals surface area contributed by atoms with Gasteiger partial charge in [0.2, 0.25) is 0 Å². The maximum atomic E-state index is 14.2. The smallest absolute Gasteiger partial charge is 0.323 e. The first-order valence-corrected chi connectivity index (χ1v) is 15.7. The molecule has 0 spiro atoms. The van der Waals surface area contributed by atoms with E-state index in [-0.39, 0.29) is 16.7 Å². The van der Waals surface area contributed by atoms with Crippen molar-refractivity contribution in [2.75, 3.05) is 17.7 Å². The first kappa shape index (κ1) is 32.4. The minimum Gasteiger partial charge on any atom is -0.497 e. The molecular weight excluding hydrogens is 576 g/mol. The summed E-state index contributed by atoms with van der Waals surface area (Å²) < 4.78 is 7.16. The monoisotopic (exact) mass is 618 g/mol. The van der Waals surface area contributed by atoms with Crippen molar-refractivity contribution in [3.63, 3.8) is 0 Å². The lowest BCUT2D eigenvalue weighted by atomic mass is 9.85. The van der Waals surface area contributed by atoms with Crippen molar-refractivity contribution in [2.45, 2.75) is 65.6 Å². The van der Waals surface area contributed by atoms with Crippen LogP contribution in [0.1, 0.15) is 57.2 Å². The molecule has 2 aromatic carbocycles. The van der Waals surface area contributed by atoms with Gasteiger partial charge in [0.25, 0.3) is 5.56 Å². The number of ether oxygens (including phenoxy) is 1. The van der Waals surface area contributed by atoms with Gasteiger partial charge < -0.3 is 20.7 Å². The molecule has 0 aliphatic rings. The molecule has 0 saturated heterocycles. The van der Waals surface area contributed by atoms with Gasteiger partial charge in [0.15, 0.2) is 0 Å². The number of amides is 2. The maximum Gasteiger partial charge on any atom is 0.323 e. The van der Waals surface area contributed by atoms with Crippen LogP contribution >= 0.6 is 0 Å². The number of aromatic nitrogens is 3. The summed E-state index contributed by atoms with van der Waals surface area (Å²) in [4.78, 5) is 36.7. The first-order chi connectivity index (χ1) is 22.2. The number of urea groups is 1. The van der Waals surface area contributed by atoms with Crippen molar-refractivity contribution in [2.24, 2.45) is 0 Å². The number of carbonyl (C=O) groups excluding carboxylic acids is 1. The van der Waals surface area contributed by atoms with Crippen LogP contribution in [-0.4, -0.2) is 27.7 Å². The van der Waals surface area contributed by atoms with Crippen molar-refractivity contribution in [3.05, 3.63) is 112 Å². The number of hydrogen-bond acceptors (Lipinski definition) is 6. The third-order valence-electron chi connectivity index (χ3n) is 7.90. The quantitative estimate of drug-likeness (QED) is 0.141. The molecule has 46 heavy (non-hydrogen) atoms. The van der Waals surface area contributed by atoms with Crippen LogP contribution in [0.2, 0.25) is 0 Å². The van der Waals surface area contributed by atoms with Gasteiger partial charge in [-0.05, 0) is 76.6 Å². The Labute approximate surface area is 270 Å². The molecule has 0 aliphatic heterocycles. The molecule has 0 bridgehead atoms. The molecule has 0 aliphatic carbocycles. The van der Waals surface area contributed by atoms with E-state index in [2.05, 4.69) is 65.7 Å². The molecule has 5 rings (SSSR count). The summed E-state index contributed by atoms with van der Waals surface area (Å²) >= 11 is 0. The van der Waals surface area contributed by atoms with Crippen molar-refractivity contribution in [3.8, 4) is 16.9 Å². The van der Waals surface area contributed by atoms with Crippen molar-refractivity contribution >= 4 is 28.4 Å². The number of fused-ring (bicyclic) bond motifs is 1. The summed E-state index contributed by atoms with van der Waals surface area (Å²) in [6.07, 6.45) is 6.95. The zero-order valence-electron chi connectivity index (χ0n) is 27.2. The number of benzene rings is 2. The molecule has 0 unspecified atom stereocenters. The average molecular weight is 619 g/mol. The standard InChI is InChI=1S/C37H42N6O3/c1-6-7-20-43-34-29(12-9-17-40-34)32(27-10-8-11-28(22-27)46-5)33(35(43)44)42-36(45)41-31-21-26(13-14-30(31)37(2,3)4)24-39-23-25-15-18-38-19-16-25/h8-19,21-22,39H,6-7,20,23-24H2,1-5H3,(H2,41,42,45). The predicted molar refractivity (Wildman–Crippen MR) is 185 cm³/mol. The van der Waals surface area contributed by atoms with Crippen LogP contribution in [-0.2, 0) is 25.0 Å². The highest BCUT2D eigenvalue weighted by molar-refractivity contribution is 6.07. The molecular formula is C37H42N6O3. The van der Waals surface area contributed by atoms with Crippen LogP contribution in [0.4, 0.5) is 16.2 Å². The fourth-order valence-corrected chi connectivity index (χ4v) is 5.58. The van der Waals surface area contributed by atoms with Gasteiger partial charge in [-0.15, -0.1) is 0 Å². The van der Waals surface area contributed by atoms with Crippen LogP contribution in [0.25, 0.3) is 22.2 Å². The molecule has 238 valence electrons. The molecule has 2 amide bonds. The van der Waals surface area contributed by atoms with Gasteiger partial charge >= 0.3 is 6.03 Å². The lowest BCUT2D eigenvalue weighted by molar-refractivity contribution is 0.262. The Kier molecular flexibility index (Phi) is 10.1. The number of rotatable bonds is 11. The van der Waals surface area contributed by atoms with E-state index in [0.717, 1.165) is 40.5 Å². The number of nitrogens with zero attached hydrogens (tertiary/aromatic N) is 3. The lowest BCUT2D eigenvalue weighted by Gasteiger charge is -2.24. The Hall–Kier alpha value is -5.02. The topological polar surface area (TPSA) is 110 Å². The molecule has 3 heterocycles. The van der Waals surface area contributed by atoms with Gasteiger partial charge in [-0.1, -0.05) is 58.4 Å². The Bertz CT molecular complexity index is 1880. The highest BCUT2D eigenvalue weighted by Gasteiger charge is 2.23. The number of hydrogen-bond donors (Lipinski definition) is 3. The summed E-state index contributed by atoms with van der Waals surface area (Å²) in [5, 5.41) is 10.3. The van der Waals surface area contributed by atoms with Crippen molar-refractivity contribution < 1.29 is 9.53 Å². The summed E-state index contributed by atoms with van der Waals surface area (Å²) in [5.74, 6) is 0.643. The van der Waals surface area contributed by atoms with E-state index in [1.807, 2.05) is 54.6 Å². The number of nitrogens with one attached hydrogen (secondary N) is 3. The second-order valence-corrected chi connectivity index (χ2v) is 12.3. The molecule has 9 heteroatoms. The molecule has 9 nitrogen and oxygen atoms in total. The molecule has 0 fully saturated rings. The number of aryl methyl sites for hydroxylation is 1. The van der Waals surface area contributed by atoms with Gasteiger partial charge in [-0.2, -0.15) is 0 Å². The number of carbonyl (C=O) groups is 1. The molecule has 3 aromatic heterocycles. The predicted octanol–water partition coefficient (Wildman–Crippen LogP) is 7.50. The Balaban J connectivity index is 1.52. The number of unbranched alkanes of at least 4 members (excludes halogenated alkanes) is 1. The minimum absolute atomic E-state index is 0.190. The molecule has 0 saturated carbocycles. The molecule has 0 atom stereocenters. The van der Waals surface area contributed by atoms with Crippen molar-refractivity contribution in [1.82, 2.24) is 19.9 Å². The fourth-order valence-electron chi connectivity index (χ4n) is 5.58. The maximum absolute atomic E-state index is 14.2. The summed E-state index contributed by atoms with van der Waals surface area (Å²) in [6, 6.07) is 20.8. The van der Waals surface area contributed by atoms with E-state index in [1.54, 1.807) is 30.3 Å². The van der Waals surface area contributed by atoms with Gasteiger partial charge in [-0.3, -0.25) is 14.3 Å². The highest BCUT2D eigenvalue weighted by Crippen LogP contribution is 2.35. The van der Waals surface area contributed by atoms with Crippen LogP contribution in [0.5, 0.6) is 5.75 Å². The van der Waals surface area contributed by atoms with E-state index in [9.17, 15) is 9.59 Å². The van der Waals surface area contributed by atoms with E-state index in [1.165, 1.54) is 0 Å². The Morgan fingerprint density at radius 1 is 0.913 bits per heavy atom. The average Bonchev–Trinajstić information content (AvgIpc) is 3.05. The van der Waals surface area contributed by atoms with Gasteiger partial charge in [0.05, 0.1) is 7.11 Å². The van der Waals surface area contributed by atoms with Crippen LogP contribution < -0.4 is 26.2 Å². The lowest BCUT2D eigenvalue weighted by Crippen LogP contribution is -2.30. The van der Waals surface area contributed by atoms with Crippen LogP contribution in [0.3, 0.4) is 0 Å². The summed E-state index contributed by atoms with van der Waals surface area (Å²) in [5.41, 5.74) is 5.39. The van der Waals surface area contributed by atoms with E-state index in [0.29, 0.717) is 42.3 Å². The molecule has 5 aromatic rings. The molecule has 3 N–H and O–H groups in total. The van der Waals surface area contributed by atoms with E-state index < -0.39 is 6.03 Å². The highest BCUT2D eigenvalue weighted by atomic mass is 16.5. The number of methoxy groups -OCH3 is 1. The first-order valence-electron chi connectivity index (χ1n) is 15.7. The second kappa shape index (κ2) is 14.4. The number of anilines is 2. The third kappa shape index (κ3) is 7.43. The minimum atomic E-state index is -0.501. The molecule has 0 radical (unpaired) electrons. The zero-order chi connectivity index (χ0) is 32.7. The van der Waals surface area contributed by atoms with Gasteiger partial charge in [0, 0.05) is 54.9 Å². The summed E-state index contributed by atoms with van der Waals surface area (Å²) in [6.45, 7) is 10.2. The van der Waals surface area contributed by atoms with Crippen LogP contribution in [0, 0.1) is 0 Å². The fraction of sp³-hybridized carbons (Fsp3) is 0.297. The third-order valence-corrected chi connectivity index (χ3v) is 7.90. The Morgan fingerprint density at radius 2 is 1.70 bits per heavy atom.